The van der Waals surface area contributed by atoms with Gasteiger partial charge in [-0.2, -0.15) is 13.7 Å². The third-order valence-corrected chi connectivity index (χ3v) is 4.32. The summed E-state index contributed by atoms with van der Waals surface area (Å²) in [6.45, 7) is 8.47. The quantitative estimate of drug-likeness (QED) is 0.725. The Labute approximate surface area is 138 Å². The van der Waals surface area contributed by atoms with Crippen LogP contribution in [0.1, 0.15) is 47.0 Å². The smallest absolute Gasteiger partial charge is 0.410 e. The zero-order valence-electron chi connectivity index (χ0n) is 14.5. The van der Waals surface area contributed by atoms with Crippen LogP contribution in [0.4, 0.5) is 4.79 Å². The monoisotopic (exact) mass is 346 g/mol. The first-order valence-corrected chi connectivity index (χ1v) is 9.41. The lowest BCUT2D eigenvalue weighted by molar-refractivity contribution is 0.00848. The van der Waals surface area contributed by atoms with E-state index in [9.17, 15) is 13.2 Å². The molecule has 0 aromatic heterocycles. The maximum Gasteiger partial charge on any atom is 0.410 e. The van der Waals surface area contributed by atoms with E-state index in [2.05, 4.69) is 0 Å². The Morgan fingerprint density at radius 2 is 1.87 bits per heavy atom. The number of nitrogens with zero attached hydrogens (tertiary/aromatic N) is 2. The van der Waals surface area contributed by atoms with Crippen molar-refractivity contribution in [1.82, 2.24) is 4.90 Å². The maximum atomic E-state index is 12.0. The van der Waals surface area contributed by atoms with Gasteiger partial charge in [-0.25, -0.2) is 4.79 Å². The highest BCUT2D eigenvalue weighted by Crippen LogP contribution is 2.36. The van der Waals surface area contributed by atoms with E-state index in [1.165, 1.54) is 0 Å². The lowest BCUT2D eigenvalue weighted by atomic mass is 9.76. The molecule has 0 aromatic carbocycles. The van der Waals surface area contributed by atoms with Crippen LogP contribution in [0.5, 0.6) is 0 Å². The molecule has 1 atom stereocenters. The Morgan fingerprint density at radius 3 is 2.26 bits per heavy atom. The summed E-state index contributed by atoms with van der Waals surface area (Å²) in [6.07, 6.45) is 1.24. The van der Waals surface area contributed by atoms with Crippen LogP contribution < -0.4 is 0 Å². The van der Waals surface area contributed by atoms with Crippen LogP contribution >= 0.6 is 0 Å². The molecular formula is C15H26N2O5S. The highest BCUT2D eigenvalue weighted by atomic mass is 32.2. The van der Waals surface area contributed by atoms with E-state index in [-0.39, 0.29) is 11.5 Å². The van der Waals surface area contributed by atoms with Crippen molar-refractivity contribution in [3.63, 3.8) is 0 Å². The Bertz CT molecular complexity index is 566. The van der Waals surface area contributed by atoms with Gasteiger partial charge in [0.15, 0.2) is 6.10 Å². The van der Waals surface area contributed by atoms with Gasteiger partial charge in [-0.1, -0.05) is 6.92 Å². The van der Waals surface area contributed by atoms with Gasteiger partial charge in [0.2, 0.25) is 0 Å². The molecule has 1 saturated heterocycles. The second kappa shape index (κ2) is 7.05. The Hall–Kier alpha value is -1.33. The van der Waals surface area contributed by atoms with Crippen molar-refractivity contribution in [1.29, 1.82) is 5.26 Å². The summed E-state index contributed by atoms with van der Waals surface area (Å²) >= 11 is 0. The molecule has 132 valence electrons. The first kappa shape index (κ1) is 19.7. The van der Waals surface area contributed by atoms with Gasteiger partial charge in [-0.15, -0.1) is 0 Å². The van der Waals surface area contributed by atoms with Crippen LogP contribution in [0.25, 0.3) is 0 Å². The van der Waals surface area contributed by atoms with Crippen molar-refractivity contribution in [2.45, 2.75) is 58.7 Å². The van der Waals surface area contributed by atoms with E-state index in [0.717, 1.165) is 6.26 Å². The molecule has 1 fully saturated rings. The summed E-state index contributed by atoms with van der Waals surface area (Å²) < 4.78 is 32.5. The predicted octanol–water partition coefficient (Wildman–Crippen LogP) is 2.28. The molecule has 0 aromatic rings. The predicted molar refractivity (Wildman–Crippen MR) is 85.1 cm³/mol. The number of amides is 1. The summed E-state index contributed by atoms with van der Waals surface area (Å²) in [5.41, 5.74) is -0.781. The first-order chi connectivity index (χ1) is 10.3. The van der Waals surface area contributed by atoms with E-state index in [4.69, 9.17) is 14.2 Å². The van der Waals surface area contributed by atoms with Crippen LogP contribution in [0.3, 0.4) is 0 Å². The summed E-state index contributed by atoms with van der Waals surface area (Å²) in [5, 5.41) is 9.08. The Kier molecular flexibility index (Phi) is 6.05. The minimum absolute atomic E-state index is 0.246. The second-order valence-electron chi connectivity index (χ2n) is 7.40. The summed E-state index contributed by atoms with van der Waals surface area (Å²) in [5.74, 6) is 0. The summed E-state index contributed by atoms with van der Waals surface area (Å²) in [6, 6.07) is 1.89. The Morgan fingerprint density at radius 1 is 1.35 bits per heavy atom. The van der Waals surface area contributed by atoms with Crippen molar-refractivity contribution in [2.75, 3.05) is 19.3 Å². The fraction of sp³-hybridized carbons (Fsp3) is 0.867. The number of ether oxygens (including phenoxy) is 1. The minimum atomic E-state index is -3.66. The van der Waals surface area contributed by atoms with Crippen LogP contribution in [0.2, 0.25) is 0 Å². The van der Waals surface area contributed by atoms with Crippen molar-refractivity contribution < 1.29 is 22.1 Å². The third-order valence-electron chi connectivity index (χ3n) is 3.74. The number of carbonyl (C=O) groups excluding carboxylic acids is 1. The van der Waals surface area contributed by atoms with E-state index in [1.54, 1.807) is 4.90 Å². The van der Waals surface area contributed by atoms with Crippen LogP contribution in [0.15, 0.2) is 0 Å². The number of nitriles is 1. The molecule has 1 aliphatic heterocycles. The van der Waals surface area contributed by atoms with Crippen molar-refractivity contribution in [3.8, 4) is 6.07 Å². The largest absolute Gasteiger partial charge is 0.444 e. The number of hydrogen-bond acceptors (Lipinski definition) is 6. The molecule has 0 radical (unpaired) electrons. The molecular weight excluding hydrogens is 320 g/mol. The van der Waals surface area contributed by atoms with Crippen LogP contribution in [0, 0.1) is 16.7 Å². The molecule has 1 heterocycles. The second-order valence-corrected chi connectivity index (χ2v) is 9.00. The van der Waals surface area contributed by atoms with Gasteiger partial charge in [0.25, 0.3) is 10.1 Å². The molecule has 1 amide bonds. The lowest BCUT2D eigenvalue weighted by Gasteiger charge is -2.40. The first-order valence-electron chi connectivity index (χ1n) is 7.59. The van der Waals surface area contributed by atoms with E-state index in [1.807, 2.05) is 33.8 Å². The van der Waals surface area contributed by atoms with Gasteiger partial charge in [-0.3, -0.25) is 4.18 Å². The van der Waals surface area contributed by atoms with Gasteiger partial charge < -0.3 is 9.64 Å². The molecule has 8 heteroatoms. The maximum absolute atomic E-state index is 12.0. The van der Waals surface area contributed by atoms with Gasteiger partial charge in [0, 0.05) is 13.1 Å². The van der Waals surface area contributed by atoms with Gasteiger partial charge >= 0.3 is 6.09 Å². The SMILES string of the molecule is CC1(CC(C#N)OS(C)(=O)=O)CCN(C(=O)OC(C)(C)C)CC1. The third kappa shape index (κ3) is 7.18. The molecule has 0 saturated carbocycles. The number of carbonyl (C=O) groups is 1. The molecule has 0 bridgehead atoms. The number of rotatable bonds is 4. The zero-order valence-corrected chi connectivity index (χ0v) is 15.3. The topological polar surface area (TPSA) is 96.7 Å². The fourth-order valence-electron chi connectivity index (χ4n) is 2.52. The van der Waals surface area contributed by atoms with E-state index < -0.39 is 21.8 Å². The van der Waals surface area contributed by atoms with Crippen LogP contribution in [-0.2, 0) is 19.0 Å². The normalized spacial score (nSPS) is 19.7. The highest BCUT2D eigenvalue weighted by molar-refractivity contribution is 7.86. The number of piperidine rings is 1. The average molecular weight is 346 g/mol. The molecule has 1 aliphatic rings. The average Bonchev–Trinajstić information content (AvgIpc) is 2.34. The zero-order chi connectivity index (χ0) is 17.9. The summed E-state index contributed by atoms with van der Waals surface area (Å²) in [4.78, 5) is 13.7. The molecule has 1 rings (SSSR count). The van der Waals surface area contributed by atoms with E-state index in [0.29, 0.717) is 32.4 Å². The number of hydrogen-bond donors (Lipinski definition) is 0. The van der Waals surface area contributed by atoms with Crippen molar-refractivity contribution in [3.05, 3.63) is 0 Å². The highest BCUT2D eigenvalue weighted by Gasteiger charge is 2.36. The minimum Gasteiger partial charge on any atom is -0.444 e. The molecule has 0 spiro atoms. The van der Waals surface area contributed by atoms with E-state index >= 15 is 0 Å². The standard InChI is InChI=1S/C15H26N2O5S/c1-14(2,3)21-13(18)17-8-6-15(4,7-9-17)10-12(11-16)22-23(5,19)20/h12H,6-10H2,1-5H3. The summed E-state index contributed by atoms with van der Waals surface area (Å²) in [7, 11) is -3.66. The van der Waals surface area contributed by atoms with Gasteiger partial charge in [-0.05, 0) is 45.4 Å². The molecule has 1 unspecified atom stereocenters. The van der Waals surface area contributed by atoms with Gasteiger partial charge in [0.05, 0.1) is 12.3 Å². The molecule has 0 N–H and O–H groups in total. The molecule has 0 aliphatic carbocycles. The van der Waals surface area contributed by atoms with Crippen LogP contribution in [-0.4, -0.2) is 50.5 Å². The Balaban J connectivity index is 2.59. The van der Waals surface area contributed by atoms with Crippen molar-refractivity contribution in [2.24, 2.45) is 5.41 Å². The fourth-order valence-corrected chi connectivity index (χ4v) is 3.05. The lowest BCUT2D eigenvalue weighted by Crippen LogP contribution is -2.45. The molecule has 7 nitrogen and oxygen atoms in total. The van der Waals surface area contributed by atoms with Gasteiger partial charge in [0.1, 0.15) is 5.60 Å². The molecule has 23 heavy (non-hydrogen) atoms. The number of likely N-dealkylation sites (tertiary alicyclic amines) is 1. The van der Waals surface area contributed by atoms with Crippen molar-refractivity contribution >= 4 is 16.2 Å².